The summed E-state index contributed by atoms with van der Waals surface area (Å²) in [6, 6.07) is 17.2. The third-order valence-corrected chi connectivity index (χ3v) is 5.56. The number of ether oxygens (including phenoxy) is 1. The third-order valence-electron chi connectivity index (χ3n) is 5.56. The molecule has 3 aromatic rings. The number of anilines is 1. The van der Waals surface area contributed by atoms with E-state index in [1.807, 2.05) is 37.4 Å². The Morgan fingerprint density at radius 3 is 2.52 bits per heavy atom. The first-order chi connectivity index (χ1) is 15.0. The van der Waals surface area contributed by atoms with Crippen LogP contribution in [0.1, 0.15) is 26.5 Å². The molecule has 0 atom stereocenters. The van der Waals surface area contributed by atoms with Crippen molar-refractivity contribution in [2.24, 2.45) is 5.73 Å². The van der Waals surface area contributed by atoms with E-state index in [4.69, 9.17) is 10.5 Å². The summed E-state index contributed by atoms with van der Waals surface area (Å²) in [6.07, 6.45) is 0.532. The quantitative estimate of drug-likeness (QED) is 0.633. The van der Waals surface area contributed by atoms with Gasteiger partial charge in [-0.15, -0.1) is 0 Å². The Labute approximate surface area is 180 Å². The molecule has 1 aliphatic rings. The number of nitrogens with zero attached hydrogens (tertiary/aromatic N) is 4. The van der Waals surface area contributed by atoms with Gasteiger partial charge in [0, 0.05) is 37.9 Å². The maximum Gasteiger partial charge on any atom is 0.272 e. The molecule has 1 aromatic heterocycles. The fourth-order valence-electron chi connectivity index (χ4n) is 3.81. The first kappa shape index (κ1) is 20.5. The van der Waals surface area contributed by atoms with Gasteiger partial charge in [0.1, 0.15) is 11.4 Å². The number of carbonyl (C=O) groups excluding carboxylic acids is 2. The highest BCUT2D eigenvalue weighted by molar-refractivity contribution is 6.01. The molecule has 0 spiro atoms. The van der Waals surface area contributed by atoms with Crippen LogP contribution in [0, 0.1) is 0 Å². The fraction of sp³-hybridized carbons (Fsp3) is 0.261. The minimum absolute atomic E-state index is 0.153. The van der Waals surface area contributed by atoms with E-state index in [1.165, 1.54) is 4.68 Å². The van der Waals surface area contributed by atoms with Gasteiger partial charge in [0.05, 0.1) is 12.8 Å². The number of carbonyl (C=O) groups is 2. The van der Waals surface area contributed by atoms with Crippen LogP contribution in [0.2, 0.25) is 0 Å². The molecule has 2 amide bonds. The van der Waals surface area contributed by atoms with Gasteiger partial charge in [-0.1, -0.05) is 18.2 Å². The molecule has 0 fully saturated rings. The van der Waals surface area contributed by atoms with Crippen molar-refractivity contribution in [1.82, 2.24) is 14.7 Å². The number of aromatic nitrogens is 2. The SMILES string of the molecule is COc1ccc(-n2nc(C(N)=O)c3c2C(=O)N(CCN(C)c2ccccc2)CC3)cc1. The molecule has 2 heterocycles. The van der Waals surface area contributed by atoms with E-state index >= 15 is 0 Å². The summed E-state index contributed by atoms with van der Waals surface area (Å²) in [5, 5.41) is 4.39. The third kappa shape index (κ3) is 3.96. The van der Waals surface area contributed by atoms with Gasteiger partial charge in [-0.25, -0.2) is 4.68 Å². The molecule has 2 N–H and O–H groups in total. The standard InChI is InChI=1S/C23H25N5O3/c1-26(16-6-4-3-5-7-16)14-15-27-13-12-19-20(22(24)29)25-28(21(19)23(27)30)17-8-10-18(31-2)11-9-17/h3-11H,12-15H2,1-2H3,(H2,24,29). The first-order valence-electron chi connectivity index (χ1n) is 10.1. The molecule has 1 aliphatic heterocycles. The maximum absolute atomic E-state index is 13.4. The fourth-order valence-corrected chi connectivity index (χ4v) is 3.81. The second kappa shape index (κ2) is 8.51. The molecule has 160 valence electrons. The second-order valence-corrected chi connectivity index (χ2v) is 7.45. The van der Waals surface area contributed by atoms with Crippen LogP contribution < -0.4 is 15.4 Å². The lowest BCUT2D eigenvalue weighted by Crippen LogP contribution is -2.42. The van der Waals surface area contributed by atoms with Crippen LogP contribution in [0.4, 0.5) is 5.69 Å². The van der Waals surface area contributed by atoms with E-state index in [1.54, 1.807) is 36.3 Å². The molecular weight excluding hydrogens is 394 g/mol. The van der Waals surface area contributed by atoms with E-state index in [9.17, 15) is 9.59 Å². The van der Waals surface area contributed by atoms with E-state index in [0.29, 0.717) is 48.7 Å². The van der Waals surface area contributed by atoms with Gasteiger partial charge in [-0.05, 0) is 42.8 Å². The van der Waals surface area contributed by atoms with Crippen LogP contribution >= 0.6 is 0 Å². The summed E-state index contributed by atoms with van der Waals surface area (Å²) in [7, 11) is 3.59. The van der Waals surface area contributed by atoms with Gasteiger partial charge in [0.15, 0.2) is 5.69 Å². The predicted molar refractivity (Wildman–Crippen MR) is 118 cm³/mol. The van der Waals surface area contributed by atoms with Gasteiger partial charge < -0.3 is 20.3 Å². The zero-order valence-electron chi connectivity index (χ0n) is 17.6. The Morgan fingerprint density at radius 2 is 1.87 bits per heavy atom. The minimum Gasteiger partial charge on any atom is -0.497 e. The lowest BCUT2D eigenvalue weighted by Gasteiger charge is -2.30. The van der Waals surface area contributed by atoms with E-state index in [-0.39, 0.29) is 11.6 Å². The largest absolute Gasteiger partial charge is 0.497 e. The van der Waals surface area contributed by atoms with Gasteiger partial charge in [0.25, 0.3) is 11.8 Å². The monoisotopic (exact) mass is 419 g/mol. The van der Waals surface area contributed by atoms with Crippen LogP contribution in [-0.2, 0) is 6.42 Å². The van der Waals surface area contributed by atoms with Crippen molar-refractivity contribution in [2.75, 3.05) is 38.7 Å². The molecule has 0 saturated heterocycles. The van der Waals surface area contributed by atoms with Crippen molar-refractivity contribution in [2.45, 2.75) is 6.42 Å². The minimum atomic E-state index is -0.631. The van der Waals surface area contributed by atoms with Gasteiger partial charge >= 0.3 is 0 Å². The Bertz CT molecular complexity index is 1090. The molecule has 8 heteroatoms. The lowest BCUT2D eigenvalue weighted by molar-refractivity contribution is 0.0735. The summed E-state index contributed by atoms with van der Waals surface area (Å²) in [5.41, 5.74) is 8.47. The number of benzene rings is 2. The van der Waals surface area contributed by atoms with Crippen molar-refractivity contribution in [3.8, 4) is 11.4 Å². The average Bonchev–Trinajstić information content (AvgIpc) is 3.20. The van der Waals surface area contributed by atoms with E-state index in [2.05, 4.69) is 10.00 Å². The lowest BCUT2D eigenvalue weighted by atomic mass is 10.0. The number of methoxy groups -OCH3 is 1. The Hall–Kier alpha value is -3.81. The van der Waals surface area contributed by atoms with Crippen LogP contribution in [0.3, 0.4) is 0 Å². The molecule has 0 saturated carbocycles. The Balaban J connectivity index is 1.61. The summed E-state index contributed by atoms with van der Waals surface area (Å²) in [4.78, 5) is 29.3. The normalized spacial score (nSPS) is 13.1. The van der Waals surface area contributed by atoms with Crippen LogP contribution in [0.5, 0.6) is 5.75 Å². The zero-order valence-corrected chi connectivity index (χ0v) is 17.6. The van der Waals surface area contributed by atoms with Crippen LogP contribution in [-0.4, -0.2) is 60.3 Å². The molecule has 0 bridgehead atoms. The smallest absolute Gasteiger partial charge is 0.272 e. The number of amides is 2. The van der Waals surface area contributed by atoms with Crippen molar-refractivity contribution in [3.63, 3.8) is 0 Å². The second-order valence-electron chi connectivity index (χ2n) is 7.45. The molecular formula is C23H25N5O3. The molecule has 2 aromatic carbocycles. The van der Waals surface area contributed by atoms with Gasteiger partial charge in [0.2, 0.25) is 0 Å². The average molecular weight is 419 g/mol. The summed E-state index contributed by atoms with van der Waals surface area (Å²) in [5.74, 6) is -0.0936. The van der Waals surface area contributed by atoms with Gasteiger partial charge in [-0.2, -0.15) is 5.10 Å². The summed E-state index contributed by atoms with van der Waals surface area (Å²) in [6.45, 7) is 1.76. The Kier molecular flexibility index (Phi) is 5.62. The van der Waals surface area contributed by atoms with Crippen molar-refractivity contribution >= 4 is 17.5 Å². The number of primary amides is 1. The number of fused-ring (bicyclic) bond motifs is 1. The highest BCUT2D eigenvalue weighted by Gasteiger charge is 2.33. The Morgan fingerprint density at radius 1 is 1.16 bits per heavy atom. The van der Waals surface area contributed by atoms with Crippen molar-refractivity contribution in [1.29, 1.82) is 0 Å². The first-order valence-corrected chi connectivity index (χ1v) is 10.1. The van der Waals surface area contributed by atoms with E-state index < -0.39 is 5.91 Å². The number of para-hydroxylation sites is 1. The van der Waals surface area contributed by atoms with Gasteiger partial charge in [-0.3, -0.25) is 9.59 Å². The maximum atomic E-state index is 13.4. The number of rotatable bonds is 7. The molecule has 8 nitrogen and oxygen atoms in total. The zero-order chi connectivity index (χ0) is 22.0. The van der Waals surface area contributed by atoms with Crippen LogP contribution in [0.15, 0.2) is 54.6 Å². The highest BCUT2D eigenvalue weighted by Crippen LogP contribution is 2.26. The predicted octanol–water partition coefficient (Wildman–Crippen LogP) is 2.11. The van der Waals surface area contributed by atoms with Crippen molar-refractivity contribution in [3.05, 3.63) is 71.5 Å². The molecule has 0 radical (unpaired) electrons. The summed E-state index contributed by atoms with van der Waals surface area (Å²) < 4.78 is 6.72. The summed E-state index contributed by atoms with van der Waals surface area (Å²) >= 11 is 0. The molecule has 0 aliphatic carbocycles. The highest BCUT2D eigenvalue weighted by atomic mass is 16.5. The molecule has 4 rings (SSSR count). The number of likely N-dealkylation sites (N-methyl/N-ethyl adjacent to an activating group) is 1. The van der Waals surface area contributed by atoms with Crippen LogP contribution in [0.25, 0.3) is 5.69 Å². The number of hydrogen-bond acceptors (Lipinski definition) is 5. The number of nitrogens with two attached hydrogens (primary N) is 1. The molecule has 0 unspecified atom stereocenters. The number of hydrogen-bond donors (Lipinski definition) is 1. The topological polar surface area (TPSA) is 93.7 Å². The molecule has 31 heavy (non-hydrogen) atoms. The van der Waals surface area contributed by atoms with Crippen molar-refractivity contribution < 1.29 is 14.3 Å². The van der Waals surface area contributed by atoms with E-state index in [0.717, 1.165) is 5.69 Å².